The van der Waals surface area contributed by atoms with E-state index >= 15 is 0 Å². The molecule has 2 aromatic carbocycles. The lowest BCUT2D eigenvalue weighted by molar-refractivity contribution is 0.112. The van der Waals surface area contributed by atoms with Crippen LogP contribution < -0.4 is 15.7 Å². The fourth-order valence-corrected chi connectivity index (χ4v) is 2.99. The van der Waals surface area contributed by atoms with Gasteiger partial charge in [0.15, 0.2) is 0 Å². The van der Waals surface area contributed by atoms with Crippen LogP contribution in [0, 0.1) is 6.92 Å². The van der Waals surface area contributed by atoms with Crippen LogP contribution in [-0.4, -0.2) is 16.0 Å². The summed E-state index contributed by atoms with van der Waals surface area (Å²) in [6.45, 7) is 1.98. The second-order valence-electron chi connectivity index (χ2n) is 5.17. The van der Waals surface area contributed by atoms with Crippen LogP contribution in [0.4, 0.5) is 4.79 Å². The SMILES string of the molecule is Cc1cc(Cl)cc(Cl)c1CNC(=O)On1[nH]c2ccccc2c1=O. The lowest BCUT2D eigenvalue weighted by Gasteiger charge is -2.10. The first kappa shape index (κ1) is 16.4. The number of hydrogen-bond donors (Lipinski definition) is 2. The average molecular weight is 366 g/mol. The summed E-state index contributed by atoms with van der Waals surface area (Å²) in [6.07, 6.45) is -0.783. The van der Waals surface area contributed by atoms with Crippen molar-refractivity contribution in [3.8, 4) is 0 Å². The number of fused-ring (bicyclic) bond motifs is 1. The quantitative estimate of drug-likeness (QED) is 0.747. The fraction of sp³-hybridized carbons (Fsp3) is 0.125. The van der Waals surface area contributed by atoms with E-state index in [9.17, 15) is 9.59 Å². The smallest absolute Gasteiger partial charge is 0.315 e. The standard InChI is InChI=1S/C16H13Cl2N3O3/c1-9-6-10(17)7-13(18)12(9)8-19-16(23)24-21-15(22)11-4-2-3-5-14(11)20-21/h2-7,20H,8H2,1H3,(H,19,23). The molecule has 0 saturated carbocycles. The summed E-state index contributed by atoms with van der Waals surface area (Å²) < 4.78 is 0. The van der Waals surface area contributed by atoms with Gasteiger partial charge >= 0.3 is 11.7 Å². The van der Waals surface area contributed by atoms with Crippen molar-refractivity contribution in [3.05, 3.63) is 67.9 Å². The number of aromatic nitrogens is 2. The van der Waals surface area contributed by atoms with Crippen LogP contribution in [0.5, 0.6) is 0 Å². The first-order valence-electron chi connectivity index (χ1n) is 7.06. The molecular weight excluding hydrogens is 353 g/mol. The van der Waals surface area contributed by atoms with Gasteiger partial charge in [-0.25, -0.2) is 4.79 Å². The Hall–Kier alpha value is -2.44. The van der Waals surface area contributed by atoms with Gasteiger partial charge in [0.25, 0.3) is 0 Å². The number of benzene rings is 2. The molecule has 24 heavy (non-hydrogen) atoms. The summed E-state index contributed by atoms with van der Waals surface area (Å²) in [4.78, 5) is 29.8. The highest BCUT2D eigenvalue weighted by molar-refractivity contribution is 6.35. The topological polar surface area (TPSA) is 76.1 Å². The predicted molar refractivity (Wildman–Crippen MR) is 92.6 cm³/mol. The molecule has 2 N–H and O–H groups in total. The van der Waals surface area contributed by atoms with E-state index in [1.165, 1.54) is 0 Å². The second-order valence-corrected chi connectivity index (χ2v) is 6.02. The van der Waals surface area contributed by atoms with E-state index in [2.05, 4.69) is 10.4 Å². The molecular formula is C16H13Cl2N3O3. The van der Waals surface area contributed by atoms with Crippen molar-refractivity contribution in [3.63, 3.8) is 0 Å². The molecule has 8 heteroatoms. The minimum atomic E-state index is -0.783. The van der Waals surface area contributed by atoms with E-state index in [1.54, 1.807) is 36.4 Å². The summed E-state index contributed by atoms with van der Waals surface area (Å²) in [7, 11) is 0. The Bertz CT molecular complexity index is 955. The molecule has 0 spiro atoms. The van der Waals surface area contributed by atoms with E-state index in [0.717, 1.165) is 16.0 Å². The van der Waals surface area contributed by atoms with Crippen molar-refractivity contribution in [2.24, 2.45) is 0 Å². The van der Waals surface area contributed by atoms with Crippen molar-refractivity contribution in [2.75, 3.05) is 0 Å². The molecule has 3 rings (SSSR count). The maximum absolute atomic E-state index is 12.1. The number of hydrogen-bond acceptors (Lipinski definition) is 3. The summed E-state index contributed by atoms with van der Waals surface area (Å²) in [5, 5.41) is 6.65. The zero-order valence-electron chi connectivity index (χ0n) is 12.6. The number of amides is 1. The van der Waals surface area contributed by atoms with Crippen LogP contribution in [0.3, 0.4) is 0 Å². The Balaban J connectivity index is 1.72. The third-order valence-corrected chi connectivity index (χ3v) is 4.09. The van der Waals surface area contributed by atoms with Crippen molar-refractivity contribution < 1.29 is 9.63 Å². The van der Waals surface area contributed by atoms with Crippen LogP contribution in [0.2, 0.25) is 10.0 Å². The zero-order valence-corrected chi connectivity index (χ0v) is 14.1. The fourth-order valence-electron chi connectivity index (χ4n) is 2.33. The van der Waals surface area contributed by atoms with Gasteiger partial charge < -0.3 is 5.32 Å². The maximum atomic E-state index is 12.1. The van der Waals surface area contributed by atoms with E-state index in [4.69, 9.17) is 28.0 Å². The number of H-pyrrole nitrogens is 1. The predicted octanol–water partition coefficient (Wildman–Crippen LogP) is 3.28. The van der Waals surface area contributed by atoms with Gasteiger partial charge in [-0.1, -0.05) is 40.2 Å². The van der Waals surface area contributed by atoms with Crippen molar-refractivity contribution in [1.82, 2.24) is 15.3 Å². The average Bonchev–Trinajstić information content (AvgIpc) is 2.83. The molecule has 0 aliphatic heterocycles. The van der Waals surface area contributed by atoms with Crippen LogP contribution in [0.25, 0.3) is 10.9 Å². The number of rotatable bonds is 3. The molecule has 0 bridgehead atoms. The van der Waals surface area contributed by atoms with Gasteiger partial charge in [-0.3, -0.25) is 14.7 Å². The molecule has 0 saturated heterocycles. The monoisotopic (exact) mass is 365 g/mol. The number of halogens is 2. The normalized spacial score (nSPS) is 10.8. The Kier molecular flexibility index (Phi) is 4.51. The van der Waals surface area contributed by atoms with Gasteiger partial charge in [0.2, 0.25) is 0 Å². The number of nitrogens with zero attached hydrogens (tertiary/aromatic N) is 1. The molecule has 1 heterocycles. The minimum absolute atomic E-state index is 0.148. The van der Waals surface area contributed by atoms with E-state index in [1.807, 2.05) is 6.92 Å². The van der Waals surface area contributed by atoms with E-state index < -0.39 is 11.7 Å². The van der Waals surface area contributed by atoms with Crippen LogP contribution in [0.1, 0.15) is 11.1 Å². The molecule has 0 aliphatic carbocycles. The number of carbonyl (C=O) groups is 1. The van der Waals surface area contributed by atoms with Crippen molar-refractivity contribution in [2.45, 2.75) is 13.5 Å². The lowest BCUT2D eigenvalue weighted by atomic mass is 10.1. The number of aryl methyl sites for hydroxylation is 1. The number of para-hydroxylation sites is 1. The molecule has 1 amide bonds. The summed E-state index contributed by atoms with van der Waals surface area (Å²) >= 11 is 12.0. The summed E-state index contributed by atoms with van der Waals surface area (Å²) in [6, 6.07) is 10.2. The Morgan fingerprint density at radius 2 is 2.04 bits per heavy atom. The molecule has 6 nitrogen and oxygen atoms in total. The van der Waals surface area contributed by atoms with Gasteiger partial charge in [0.1, 0.15) is 0 Å². The van der Waals surface area contributed by atoms with Gasteiger partial charge in [-0.05, 0) is 42.3 Å². The van der Waals surface area contributed by atoms with Gasteiger partial charge in [-0.15, -0.1) is 0 Å². The Morgan fingerprint density at radius 1 is 1.29 bits per heavy atom. The third-order valence-electron chi connectivity index (χ3n) is 3.53. The number of nitrogens with one attached hydrogen (secondary N) is 2. The second kappa shape index (κ2) is 6.59. The first-order chi connectivity index (χ1) is 11.5. The maximum Gasteiger partial charge on any atom is 0.433 e. The van der Waals surface area contributed by atoms with Gasteiger partial charge in [-0.2, -0.15) is 0 Å². The van der Waals surface area contributed by atoms with Crippen LogP contribution >= 0.6 is 23.2 Å². The molecule has 0 unspecified atom stereocenters. The highest BCUT2D eigenvalue weighted by atomic mass is 35.5. The number of aromatic amines is 1. The minimum Gasteiger partial charge on any atom is -0.315 e. The summed E-state index contributed by atoms with van der Waals surface area (Å²) in [5.41, 5.74) is 1.70. The Morgan fingerprint density at radius 3 is 2.75 bits per heavy atom. The zero-order chi connectivity index (χ0) is 17.3. The van der Waals surface area contributed by atoms with Crippen LogP contribution in [0.15, 0.2) is 41.2 Å². The highest BCUT2D eigenvalue weighted by Gasteiger charge is 2.12. The van der Waals surface area contributed by atoms with Gasteiger partial charge in [0.05, 0.1) is 10.9 Å². The highest BCUT2D eigenvalue weighted by Crippen LogP contribution is 2.24. The molecule has 3 aromatic rings. The third kappa shape index (κ3) is 3.25. The van der Waals surface area contributed by atoms with Gasteiger partial charge in [0, 0.05) is 16.6 Å². The van der Waals surface area contributed by atoms with Crippen molar-refractivity contribution in [1.29, 1.82) is 0 Å². The lowest BCUT2D eigenvalue weighted by Crippen LogP contribution is -2.36. The van der Waals surface area contributed by atoms with E-state index in [-0.39, 0.29) is 6.54 Å². The molecule has 124 valence electrons. The van der Waals surface area contributed by atoms with Crippen molar-refractivity contribution >= 4 is 40.2 Å². The van der Waals surface area contributed by atoms with Crippen LogP contribution in [-0.2, 0) is 6.54 Å². The molecule has 0 fully saturated rings. The molecule has 0 radical (unpaired) electrons. The summed E-state index contributed by atoms with van der Waals surface area (Å²) in [5.74, 6) is 0. The molecule has 1 aromatic heterocycles. The largest absolute Gasteiger partial charge is 0.433 e. The first-order valence-corrected chi connectivity index (χ1v) is 7.82. The molecule has 0 atom stereocenters. The number of carbonyl (C=O) groups excluding carboxylic acids is 1. The molecule has 0 aliphatic rings. The Labute approximate surface area is 146 Å². The van der Waals surface area contributed by atoms with E-state index in [0.29, 0.717) is 20.9 Å².